The number of hydrogen-bond acceptors (Lipinski definition) is 4. The fourth-order valence-corrected chi connectivity index (χ4v) is 2.74. The van der Waals surface area contributed by atoms with Crippen LogP contribution in [0.15, 0.2) is 28.7 Å². The maximum absolute atomic E-state index is 13.6. The van der Waals surface area contributed by atoms with E-state index < -0.39 is 5.82 Å². The van der Waals surface area contributed by atoms with Crippen molar-refractivity contribution in [1.29, 1.82) is 0 Å². The predicted octanol–water partition coefficient (Wildman–Crippen LogP) is 3.07. The summed E-state index contributed by atoms with van der Waals surface area (Å²) in [5, 5.41) is 10.5. The van der Waals surface area contributed by atoms with Gasteiger partial charge in [0.2, 0.25) is 11.8 Å². The molecule has 22 heavy (non-hydrogen) atoms. The summed E-state index contributed by atoms with van der Waals surface area (Å²) in [7, 11) is 0. The van der Waals surface area contributed by atoms with Crippen molar-refractivity contribution in [3.63, 3.8) is 0 Å². The molecule has 0 atom stereocenters. The highest BCUT2D eigenvalue weighted by atomic mass is 19.1. The van der Waals surface area contributed by atoms with E-state index in [1.165, 1.54) is 12.5 Å². The lowest BCUT2D eigenvalue weighted by molar-refractivity contribution is -0.126. The van der Waals surface area contributed by atoms with E-state index in [1.807, 2.05) is 0 Å². The fraction of sp³-hybridized carbons (Fsp3) is 0.438. The number of amides is 1. The van der Waals surface area contributed by atoms with E-state index in [0.29, 0.717) is 0 Å². The molecule has 1 aliphatic rings. The van der Waals surface area contributed by atoms with Gasteiger partial charge in [-0.05, 0) is 25.0 Å². The van der Waals surface area contributed by atoms with E-state index in [4.69, 9.17) is 4.42 Å². The molecule has 1 aromatic heterocycles. The molecule has 1 N–H and O–H groups in total. The van der Waals surface area contributed by atoms with Gasteiger partial charge in [0, 0.05) is 5.92 Å². The van der Waals surface area contributed by atoms with E-state index in [2.05, 4.69) is 15.5 Å². The quantitative estimate of drug-likeness (QED) is 0.942. The molecule has 3 rings (SSSR count). The highest BCUT2D eigenvalue weighted by Crippen LogP contribution is 2.24. The Hall–Kier alpha value is -2.24. The molecular formula is C16H18FN3O2. The van der Waals surface area contributed by atoms with Crippen LogP contribution >= 0.6 is 0 Å². The number of hydrogen-bond donors (Lipinski definition) is 1. The first-order valence-corrected chi connectivity index (χ1v) is 7.59. The molecule has 1 aromatic carbocycles. The standard InChI is InChI=1S/C16H18FN3O2/c17-13-9-5-4-8-12(13)16-20-19-14(22-16)10-18-15(21)11-6-2-1-3-7-11/h4-5,8-9,11H,1-3,6-7,10H2,(H,18,21). The molecule has 0 spiro atoms. The topological polar surface area (TPSA) is 68.0 Å². The molecule has 1 fully saturated rings. The van der Waals surface area contributed by atoms with Crippen LogP contribution < -0.4 is 5.32 Å². The molecule has 0 radical (unpaired) electrons. The summed E-state index contributed by atoms with van der Waals surface area (Å²) < 4.78 is 19.1. The number of benzene rings is 1. The molecule has 2 aromatic rings. The minimum atomic E-state index is -0.413. The first kappa shape index (κ1) is 14.7. The van der Waals surface area contributed by atoms with Crippen molar-refractivity contribution in [2.45, 2.75) is 38.6 Å². The predicted molar refractivity (Wildman–Crippen MR) is 78.1 cm³/mol. The molecule has 116 valence electrons. The van der Waals surface area contributed by atoms with Gasteiger partial charge in [-0.3, -0.25) is 4.79 Å². The number of rotatable bonds is 4. The van der Waals surface area contributed by atoms with E-state index >= 15 is 0 Å². The maximum atomic E-state index is 13.6. The molecule has 0 aliphatic heterocycles. The summed E-state index contributed by atoms with van der Waals surface area (Å²) in [6, 6.07) is 6.21. The lowest BCUT2D eigenvalue weighted by Gasteiger charge is -2.20. The van der Waals surface area contributed by atoms with Gasteiger partial charge < -0.3 is 9.73 Å². The number of carbonyl (C=O) groups is 1. The molecule has 5 nitrogen and oxygen atoms in total. The van der Waals surface area contributed by atoms with Gasteiger partial charge in [0.05, 0.1) is 12.1 Å². The number of halogens is 1. The van der Waals surface area contributed by atoms with Gasteiger partial charge in [0.25, 0.3) is 5.89 Å². The molecule has 1 amide bonds. The monoisotopic (exact) mass is 303 g/mol. The van der Waals surface area contributed by atoms with Gasteiger partial charge in [-0.25, -0.2) is 4.39 Å². The van der Waals surface area contributed by atoms with Crippen molar-refractivity contribution in [1.82, 2.24) is 15.5 Å². The average Bonchev–Trinajstić information content (AvgIpc) is 3.02. The fourth-order valence-electron chi connectivity index (χ4n) is 2.74. The Morgan fingerprint density at radius 1 is 1.23 bits per heavy atom. The lowest BCUT2D eigenvalue weighted by atomic mass is 9.89. The van der Waals surface area contributed by atoms with Crippen LogP contribution in [0, 0.1) is 11.7 Å². The first-order chi connectivity index (χ1) is 10.7. The van der Waals surface area contributed by atoms with Gasteiger partial charge in [0.1, 0.15) is 5.82 Å². The third-order valence-corrected chi connectivity index (χ3v) is 3.96. The van der Waals surface area contributed by atoms with Crippen LogP contribution in [-0.2, 0) is 11.3 Å². The lowest BCUT2D eigenvalue weighted by Crippen LogP contribution is -2.31. The van der Waals surface area contributed by atoms with Crippen LogP contribution in [0.25, 0.3) is 11.5 Å². The van der Waals surface area contributed by atoms with Crippen molar-refractivity contribution in [3.05, 3.63) is 36.0 Å². The third kappa shape index (κ3) is 3.32. The minimum absolute atomic E-state index is 0.0327. The summed E-state index contributed by atoms with van der Waals surface area (Å²) in [5.41, 5.74) is 0.264. The molecule has 0 bridgehead atoms. The normalized spacial score (nSPS) is 15.7. The van der Waals surface area contributed by atoms with Gasteiger partial charge in [-0.15, -0.1) is 10.2 Å². The number of aromatic nitrogens is 2. The van der Waals surface area contributed by atoms with Crippen LogP contribution in [0.4, 0.5) is 4.39 Å². The molecule has 0 saturated heterocycles. The molecular weight excluding hydrogens is 285 g/mol. The maximum Gasteiger partial charge on any atom is 0.250 e. The zero-order valence-corrected chi connectivity index (χ0v) is 12.2. The third-order valence-electron chi connectivity index (χ3n) is 3.96. The Balaban J connectivity index is 1.60. The molecule has 1 aliphatic carbocycles. The van der Waals surface area contributed by atoms with Crippen molar-refractivity contribution < 1.29 is 13.6 Å². The van der Waals surface area contributed by atoms with Crippen LogP contribution in [0.5, 0.6) is 0 Å². The largest absolute Gasteiger partial charge is 0.419 e. The van der Waals surface area contributed by atoms with E-state index in [1.54, 1.807) is 18.2 Å². The van der Waals surface area contributed by atoms with E-state index in [0.717, 1.165) is 25.7 Å². The Morgan fingerprint density at radius 2 is 2.00 bits per heavy atom. The molecule has 0 unspecified atom stereocenters. The Labute approximate surface area is 127 Å². The summed E-state index contributed by atoms with van der Waals surface area (Å²) in [6.45, 7) is 0.177. The smallest absolute Gasteiger partial charge is 0.250 e. The SMILES string of the molecule is O=C(NCc1nnc(-c2ccccc2F)o1)C1CCCCC1. The van der Waals surface area contributed by atoms with Crippen LogP contribution in [0.1, 0.15) is 38.0 Å². The molecule has 6 heteroatoms. The highest BCUT2D eigenvalue weighted by Gasteiger charge is 2.21. The number of nitrogens with zero attached hydrogens (tertiary/aromatic N) is 2. The summed E-state index contributed by atoms with van der Waals surface area (Å²) in [5.74, 6) is 0.111. The summed E-state index contributed by atoms with van der Waals surface area (Å²) >= 11 is 0. The van der Waals surface area contributed by atoms with Crippen molar-refractivity contribution in [2.75, 3.05) is 0 Å². The van der Waals surface area contributed by atoms with Crippen molar-refractivity contribution >= 4 is 5.91 Å². The second kappa shape index (κ2) is 6.68. The molecule has 1 heterocycles. The first-order valence-electron chi connectivity index (χ1n) is 7.59. The summed E-state index contributed by atoms with van der Waals surface area (Å²) in [6.07, 6.45) is 5.30. The minimum Gasteiger partial charge on any atom is -0.419 e. The van der Waals surface area contributed by atoms with Crippen LogP contribution in [-0.4, -0.2) is 16.1 Å². The summed E-state index contributed by atoms with van der Waals surface area (Å²) in [4.78, 5) is 12.0. The Kier molecular flexibility index (Phi) is 4.46. The highest BCUT2D eigenvalue weighted by molar-refractivity contribution is 5.78. The van der Waals surface area contributed by atoms with Crippen molar-refractivity contribution in [3.8, 4) is 11.5 Å². The Morgan fingerprint density at radius 3 is 2.77 bits per heavy atom. The van der Waals surface area contributed by atoms with E-state index in [-0.39, 0.29) is 35.7 Å². The van der Waals surface area contributed by atoms with Crippen LogP contribution in [0.3, 0.4) is 0 Å². The average molecular weight is 303 g/mol. The number of carbonyl (C=O) groups excluding carboxylic acids is 1. The van der Waals surface area contributed by atoms with Gasteiger partial charge in [-0.2, -0.15) is 0 Å². The zero-order chi connectivity index (χ0) is 15.4. The second-order valence-corrected chi connectivity index (χ2v) is 5.53. The second-order valence-electron chi connectivity index (χ2n) is 5.53. The number of nitrogens with one attached hydrogen (secondary N) is 1. The van der Waals surface area contributed by atoms with E-state index in [9.17, 15) is 9.18 Å². The van der Waals surface area contributed by atoms with Gasteiger partial charge in [-0.1, -0.05) is 31.4 Å². The Bertz CT molecular complexity index is 650. The molecule has 1 saturated carbocycles. The van der Waals surface area contributed by atoms with Gasteiger partial charge >= 0.3 is 0 Å². The van der Waals surface area contributed by atoms with Crippen molar-refractivity contribution in [2.24, 2.45) is 5.92 Å². The van der Waals surface area contributed by atoms with Crippen LogP contribution in [0.2, 0.25) is 0 Å². The van der Waals surface area contributed by atoms with Gasteiger partial charge in [0.15, 0.2) is 0 Å². The zero-order valence-electron chi connectivity index (χ0n) is 12.2.